The average Bonchev–Trinajstić information content (AvgIpc) is 3.24. The van der Waals surface area contributed by atoms with E-state index in [2.05, 4.69) is 34.1 Å². The van der Waals surface area contributed by atoms with E-state index in [4.69, 9.17) is 20.4 Å². The molecular weight excluding hydrogens is 409 g/mol. The van der Waals surface area contributed by atoms with Gasteiger partial charge in [0.2, 0.25) is 5.95 Å². The van der Waals surface area contributed by atoms with Gasteiger partial charge in [-0.05, 0) is 49.7 Å². The Morgan fingerprint density at radius 1 is 1.16 bits per heavy atom. The minimum atomic E-state index is -0.308. The maximum atomic E-state index is 13.4. The van der Waals surface area contributed by atoms with Gasteiger partial charge in [0.15, 0.2) is 11.6 Å². The van der Waals surface area contributed by atoms with E-state index < -0.39 is 0 Å². The molecule has 4 aromatic rings. The lowest BCUT2D eigenvalue weighted by atomic mass is 10.1. The third kappa shape index (κ3) is 3.73. The molecule has 1 aliphatic heterocycles. The van der Waals surface area contributed by atoms with Crippen LogP contribution >= 0.6 is 0 Å². The Morgan fingerprint density at radius 2 is 1.97 bits per heavy atom. The molecule has 0 saturated heterocycles. The van der Waals surface area contributed by atoms with Crippen molar-refractivity contribution in [2.45, 2.75) is 32.9 Å². The van der Waals surface area contributed by atoms with Crippen LogP contribution in [0.1, 0.15) is 26.0 Å². The summed E-state index contributed by atoms with van der Waals surface area (Å²) in [6, 6.07) is 10.0. The van der Waals surface area contributed by atoms with Crippen LogP contribution in [0.2, 0.25) is 0 Å². The van der Waals surface area contributed by atoms with E-state index in [0.29, 0.717) is 46.1 Å². The number of nitrogens with one attached hydrogen (secondary N) is 2. The largest absolute Gasteiger partial charge is 0.483 e. The molecule has 4 N–H and O–H groups in total. The second kappa shape index (κ2) is 7.92. The van der Waals surface area contributed by atoms with Crippen molar-refractivity contribution >= 4 is 11.8 Å². The van der Waals surface area contributed by atoms with Crippen LogP contribution in [-0.2, 0) is 6.61 Å². The highest BCUT2D eigenvalue weighted by atomic mass is 19.1. The number of rotatable bonds is 4. The standard InChI is InChI=1S/C23H22FN7O/c1-3-12(2)27-23-28-16-9-17(29-23)20-19(14-8-18(32-11-16)21(25)26-10-14)30-22(31-20)13-4-6-15(24)7-5-13/h4-10,12H,3,11H2,1-2H3,(H2,25,26)(H,30,31)(H,27,28,29)/t12-/m1/s1. The van der Waals surface area contributed by atoms with Gasteiger partial charge in [-0.2, -0.15) is 0 Å². The third-order valence-corrected chi connectivity index (χ3v) is 5.38. The normalized spacial score (nSPS) is 13.1. The fraction of sp³-hybridized carbons (Fsp3) is 0.217. The van der Waals surface area contributed by atoms with Gasteiger partial charge >= 0.3 is 0 Å². The highest BCUT2D eigenvalue weighted by molar-refractivity contribution is 5.81. The van der Waals surface area contributed by atoms with Crippen molar-refractivity contribution in [2.24, 2.45) is 0 Å². The minimum Gasteiger partial charge on any atom is -0.483 e. The number of imidazole rings is 1. The van der Waals surface area contributed by atoms with E-state index in [1.165, 1.54) is 12.1 Å². The molecule has 5 rings (SSSR count). The number of hydrogen-bond acceptors (Lipinski definition) is 7. The van der Waals surface area contributed by atoms with E-state index in [1.807, 2.05) is 12.1 Å². The highest BCUT2D eigenvalue weighted by Gasteiger charge is 2.21. The van der Waals surface area contributed by atoms with Gasteiger partial charge in [-0.25, -0.2) is 24.3 Å². The number of fused-ring (bicyclic) bond motifs is 7. The second-order valence-corrected chi connectivity index (χ2v) is 7.73. The smallest absolute Gasteiger partial charge is 0.223 e. The van der Waals surface area contributed by atoms with Crippen molar-refractivity contribution in [1.82, 2.24) is 24.9 Å². The van der Waals surface area contributed by atoms with E-state index in [1.54, 1.807) is 18.3 Å². The first-order valence-electron chi connectivity index (χ1n) is 10.4. The van der Waals surface area contributed by atoms with Crippen LogP contribution in [0, 0.1) is 5.82 Å². The maximum absolute atomic E-state index is 13.4. The molecule has 4 heterocycles. The van der Waals surface area contributed by atoms with Gasteiger partial charge in [0.1, 0.15) is 23.9 Å². The molecule has 0 amide bonds. The number of nitrogens with zero attached hydrogens (tertiary/aromatic N) is 4. The first kappa shape index (κ1) is 19.9. The molecule has 0 saturated carbocycles. The van der Waals surface area contributed by atoms with Crippen molar-refractivity contribution in [3.8, 4) is 39.8 Å². The number of pyridine rings is 1. The molecule has 0 aliphatic carbocycles. The molecule has 4 bridgehead atoms. The second-order valence-electron chi connectivity index (χ2n) is 7.73. The van der Waals surface area contributed by atoms with Crippen molar-refractivity contribution in [2.75, 3.05) is 11.1 Å². The minimum absolute atomic E-state index is 0.202. The molecule has 0 spiro atoms. The summed E-state index contributed by atoms with van der Waals surface area (Å²) < 4.78 is 19.4. The number of nitrogen functional groups attached to an aromatic ring is 1. The Morgan fingerprint density at radius 3 is 2.75 bits per heavy atom. The van der Waals surface area contributed by atoms with Gasteiger partial charge in [0, 0.05) is 23.4 Å². The molecule has 8 nitrogen and oxygen atoms in total. The maximum Gasteiger partial charge on any atom is 0.223 e. The number of aromatic nitrogens is 5. The van der Waals surface area contributed by atoms with Crippen LogP contribution in [0.4, 0.5) is 16.2 Å². The molecule has 1 aliphatic rings. The van der Waals surface area contributed by atoms with E-state index >= 15 is 0 Å². The van der Waals surface area contributed by atoms with Gasteiger partial charge in [-0.1, -0.05) is 6.92 Å². The molecule has 0 radical (unpaired) electrons. The molecule has 162 valence electrons. The first-order chi connectivity index (χ1) is 15.5. The zero-order valence-corrected chi connectivity index (χ0v) is 17.7. The number of hydrogen-bond donors (Lipinski definition) is 3. The van der Waals surface area contributed by atoms with E-state index in [-0.39, 0.29) is 18.5 Å². The molecule has 32 heavy (non-hydrogen) atoms. The Bertz CT molecular complexity index is 1290. The third-order valence-electron chi connectivity index (χ3n) is 5.38. The van der Waals surface area contributed by atoms with Gasteiger partial charge < -0.3 is 20.8 Å². The summed E-state index contributed by atoms with van der Waals surface area (Å²) in [5.41, 5.74) is 10.2. The van der Waals surface area contributed by atoms with Crippen LogP contribution in [0.25, 0.3) is 34.0 Å². The fourth-order valence-electron chi connectivity index (χ4n) is 3.45. The molecular formula is C23H22FN7O. The van der Waals surface area contributed by atoms with Gasteiger partial charge in [0.05, 0.1) is 17.1 Å². The monoisotopic (exact) mass is 431 g/mol. The lowest BCUT2D eigenvalue weighted by Crippen LogP contribution is -2.17. The van der Waals surface area contributed by atoms with Crippen LogP contribution in [0.5, 0.6) is 5.75 Å². The molecule has 0 fully saturated rings. The number of H-pyrrole nitrogens is 1. The fourth-order valence-corrected chi connectivity index (χ4v) is 3.45. The lowest BCUT2D eigenvalue weighted by molar-refractivity contribution is 0.302. The number of nitrogens with two attached hydrogens (primary N) is 1. The summed E-state index contributed by atoms with van der Waals surface area (Å²) >= 11 is 0. The Balaban J connectivity index is 1.72. The van der Waals surface area contributed by atoms with Crippen LogP contribution in [0.3, 0.4) is 0 Å². The van der Waals surface area contributed by atoms with Crippen LogP contribution in [0.15, 0.2) is 42.6 Å². The topological polar surface area (TPSA) is 115 Å². The summed E-state index contributed by atoms with van der Waals surface area (Å²) in [4.78, 5) is 21.8. The van der Waals surface area contributed by atoms with Gasteiger partial charge in [-0.15, -0.1) is 0 Å². The van der Waals surface area contributed by atoms with Crippen molar-refractivity contribution in [3.05, 3.63) is 54.1 Å². The molecule has 3 aromatic heterocycles. The van der Waals surface area contributed by atoms with Gasteiger partial charge in [-0.3, -0.25) is 0 Å². The summed E-state index contributed by atoms with van der Waals surface area (Å²) in [5.74, 6) is 1.54. The average molecular weight is 431 g/mol. The van der Waals surface area contributed by atoms with Crippen molar-refractivity contribution in [1.29, 1.82) is 0 Å². The predicted molar refractivity (Wildman–Crippen MR) is 120 cm³/mol. The SMILES string of the molecule is CC[C@@H](C)Nc1nc2cc(n1)-c1nc(-c3ccc(F)cc3)[nH]c1-c1cnc(N)c(c1)OC2. The first-order valence-corrected chi connectivity index (χ1v) is 10.4. The van der Waals surface area contributed by atoms with Crippen molar-refractivity contribution in [3.63, 3.8) is 0 Å². The molecule has 1 aromatic carbocycles. The van der Waals surface area contributed by atoms with Gasteiger partial charge in [0.25, 0.3) is 0 Å². The molecule has 9 heteroatoms. The molecule has 0 unspecified atom stereocenters. The Kier molecular flexibility index (Phi) is 4.93. The quantitative estimate of drug-likeness (QED) is 0.438. The number of ether oxygens (including phenoxy) is 1. The predicted octanol–water partition coefficient (Wildman–Crippen LogP) is 4.42. The zero-order valence-electron chi connectivity index (χ0n) is 17.7. The lowest BCUT2D eigenvalue weighted by Gasteiger charge is -2.16. The van der Waals surface area contributed by atoms with Crippen molar-refractivity contribution < 1.29 is 9.13 Å². The van der Waals surface area contributed by atoms with Crippen LogP contribution in [-0.4, -0.2) is 31.0 Å². The number of aromatic amines is 1. The van der Waals surface area contributed by atoms with E-state index in [0.717, 1.165) is 17.5 Å². The number of benzene rings is 1. The number of anilines is 2. The summed E-state index contributed by atoms with van der Waals surface area (Å²) in [6.07, 6.45) is 2.59. The summed E-state index contributed by atoms with van der Waals surface area (Å²) in [7, 11) is 0. The Labute approximate surface area is 184 Å². The summed E-state index contributed by atoms with van der Waals surface area (Å²) in [5, 5.41) is 3.32. The van der Waals surface area contributed by atoms with E-state index in [9.17, 15) is 4.39 Å². The molecule has 1 atom stereocenters. The zero-order chi connectivity index (χ0) is 22.2. The Hall–Kier alpha value is -4.01. The highest BCUT2D eigenvalue weighted by Crippen LogP contribution is 2.36. The summed E-state index contributed by atoms with van der Waals surface area (Å²) in [6.45, 7) is 4.37. The van der Waals surface area contributed by atoms with Crippen LogP contribution < -0.4 is 15.8 Å². The number of halogens is 1.